The Bertz CT molecular complexity index is 612. The first-order valence-electron chi connectivity index (χ1n) is 9.25. The number of carbonyl (C=O) groups is 2. The molecule has 3 heterocycles. The molecular formula is C19H25N3O2. The number of hydrogen-bond donors (Lipinski definition) is 0. The Kier molecular flexibility index (Phi) is 4.25. The zero-order chi connectivity index (χ0) is 16.5. The predicted octanol–water partition coefficient (Wildman–Crippen LogP) is 2.54. The van der Waals surface area contributed by atoms with Gasteiger partial charge in [-0.3, -0.25) is 14.6 Å². The van der Waals surface area contributed by atoms with Crippen LogP contribution < -0.4 is 0 Å². The van der Waals surface area contributed by atoms with Crippen LogP contribution in [0.5, 0.6) is 0 Å². The second kappa shape index (κ2) is 6.54. The van der Waals surface area contributed by atoms with Gasteiger partial charge >= 0.3 is 0 Å². The quantitative estimate of drug-likeness (QED) is 0.857. The highest BCUT2D eigenvalue weighted by molar-refractivity contribution is 5.89. The monoisotopic (exact) mass is 327 g/mol. The summed E-state index contributed by atoms with van der Waals surface area (Å²) in [6, 6.07) is 6.33. The number of hydrogen-bond acceptors (Lipinski definition) is 3. The molecule has 0 N–H and O–H groups in total. The zero-order valence-corrected chi connectivity index (χ0v) is 14.1. The van der Waals surface area contributed by atoms with Gasteiger partial charge in [0, 0.05) is 31.7 Å². The lowest BCUT2D eigenvalue weighted by Crippen LogP contribution is -2.39. The summed E-state index contributed by atoms with van der Waals surface area (Å²) in [5.74, 6) is 0.160. The third kappa shape index (κ3) is 2.80. The minimum absolute atomic E-state index is 0.0781. The summed E-state index contributed by atoms with van der Waals surface area (Å²) < 4.78 is 0. The van der Waals surface area contributed by atoms with E-state index in [2.05, 4.69) is 4.98 Å². The molecule has 0 unspecified atom stereocenters. The fourth-order valence-electron chi connectivity index (χ4n) is 4.61. The maximum atomic E-state index is 13.1. The fraction of sp³-hybridized carbons (Fsp3) is 0.632. The van der Waals surface area contributed by atoms with Crippen molar-refractivity contribution in [3.63, 3.8) is 0 Å². The van der Waals surface area contributed by atoms with Crippen LogP contribution in [0.3, 0.4) is 0 Å². The molecule has 1 saturated carbocycles. The molecule has 5 heteroatoms. The van der Waals surface area contributed by atoms with Crippen LogP contribution in [0.1, 0.15) is 56.7 Å². The van der Waals surface area contributed by atoms with Crippen molar-refractivity contribution in [1.82, 2.24) is 14.8 Å². The number of carbonyl (C=O) groups excluding carboxylic acids is 2. The van der Waals surface area contributed by atoms with Crippen molar-refractivity contribution in [1.29, 1.82) is 0 Å². The first kappa shape index (κ1) is 15.6. The molecule has 2 saturated heterocycles. The Morgan fingerprint density at radius 2 is 1.96 bits per heavy atom. The van der Waals surface area contributed by atoms with Gasteiger partial charge in [0.25, 0.3) is 0 Å². The van der Waals surface area contributed by atoms with E-state index in [0.29, 0.717) is 19.0 Å². The van der Waals surface area contributed by atoms with Crippen LogP contribution in [0.2, 0.25) is 0 Å². The molecule has 0 aromatic carbocycles. The molecule has 24 heavy (non-hydrogen) atoms. The number of nitrogens with zero attached hydrogens (tertiary/aromatic N) is 3. The van der Waals surface area contributed by atoms with Gasteiger partial charge in [0.05, 0.1) is 17.7 Å². The van der Waals surface area contributed by atoms with E-state index in [1.165, 1.54) is 12.8 Å². The van der Waals surface area contributed by atoms with E-state index >= 15 is 0 Å². The van der Waals surface area contributed by atoms with E-state index in [1.54, 1.807) is 6.20 Å². The molecule has 1 aromatic heterocycles. The summed E-state index contributed by atoms with van der Waals surface area (Å²) in [7, 11) is 0. The minimum atomic E-state index is -0.164. The van der Waals surface area contributed by atoms with Gasteiger partial charge in [0.2, 0.25) is 11.8 Å². The third-order valence-corrected chi connectivity index (χ3v) is 5.84. The van der Waals surface area contributed by atoms with Crippen LogP contribution in [0.25, 0.3) is 0 Å². The van der Waals surface area contributed by atoms with Crippen LogP contribution >= 0.6 is 0 Å². The van der Waals surface area contributed by atoms with Gasteiger partial charge in [0.1, 0.15) is 0 Å². The number of rotatable bonds is 3. The molecule has 1 aliphatic carbocycles. The summed E-state index contributed by atoms with van der Waals surface area (Å²) in [6.45, 7) is 1.40. The van der Waals surface area contributed by atoms with Crippen LogP contribution in [0, 0.1) is 5.92 Å². The topological polar surface area (TPSA) is 53.5 Å². The Balaban J connectivity index is 1.46. The highest BCUT2D eigenvalue weighted by atomic mass is 16.2. The van der Waals surface area contributed by atoms with Gasteiger partial charge < -0.3 is 9.80 Å². The van der Waals surface area contributed by atoms with Gasteiger partial charge in [-0.25, -0.2) is 0 Å². The summed E-state index contributed by atoms with van der Waals surface area (Å²) in [5, 5.41) is 0. The van der Waals surface area contributed by atoms with E-state index < -0.39 is 0 Å². The standard InChI is InChI=1S/C19H25N3O2/c23-18-12-14(13-22(18)15-6-1-2-7-15)19(24)21-11-5-9-17(21)16-8-3-4-10-20-16/h3-4,8,10,14-15,17H,1-2,5-7,9,11-13H2/t14-,17+/m1/s1. The third-order valence-electron chi connectivity index (χ3n) is 5.84. The molecular weight excluding hydrogens is 302 g/mol. The van der Waals surface area contributed by atoms with Crippen molar-refractivity contribution in [2.45, 2.75) is 57.0 Å². The second-order valence-corrected chi connectivity index (χ2v) is 7.33. The van der Waals surface area contributed by atoms with Crippen LogP contribution in [0.15, 0.2) is 24.4 Å². The molecule has 0 radical (unpaired) electrons. The lowest BCUT2D eigenvalue weighted by Gasteiger charge is -2.28. The van der Waals surface area contributed by atoms with Gasteiger partial charge in [0.15, 0.2) is 0 Å². The maximum Gasteiger partial charge on any atom is 0.228 e. The molecule has 5 nitrogen and oxygen atoms in total. The average Bonchev–Trinajstić information content (AvgIpc) is 3.35. The molecule has 3 aliphatic rings. The van der Waals surface area contributed by atoms with E-state index in [9.17, 15) is 9.59 Å². The molecule has 0 spiro atoms. The lowest BCUT2D eigenvalue weighted by atomic mass is 10.1. The molecule has 3 fully saturated rings. The number of amides is 2. The maximum absolute atomic E-state index is 13.1. The summed E-state index contributed by atoms with van der Waals surface area (Å²) in [4.78, 5) is 33.8. The Morgan fingerprint density at radius 1 is 1.12 bits per heavy atom. The van der Waals surface area contributed by atoms with Crippen molar-refractivity contribution in [2.24, 2.45) is 5.92 Å². The highest BCUT2D eigenvalue weighted by Crippen LogP contribution is 2.35. The largest absolute Gasteiger partial charge is 0.339 e. The number of pyridine rings is 1. The fourth-order valence-corrected chi connectivity index (χ4v) is 4.61. The van der Waals surface area contributed by atoms with Crippen molar-refractivity contribution in [2.75, 3.05) is 13.1 Å². The predicted molar refractivity (Wildman–Crippen MR) is 90.0 cm³/mol. The molecule has 2 atom stereocenters. The molecule has 2 amide bonds. The molecule has 1 aromatic rings. The van der Waals surface area contributed by atoms with Gasteiger partial charge in [-0.15, -0.1) is 0 Å². The Hall–Kier alpha value is -1.91. The van der Waals surface area contributed by atoms with Crippen molar-refractivity contribution >= 4 is 11.8 Å². The molecule has 2 aliphatic heterocycles. The Labute approximate surface area is 143 Å². The highest BCUT2D eigenvalue weighted by Gasteiger charge is 2.42. The minimum Gasteiger partial charge on any atom is -0.339 e. The zero-order valence-electron chi connectivity index (χ0n) is 14.1. The van der Waals surface area contributed by atoms with Gasteiger partial charge in [-0.2, -0.15) is 0 Å². The van der Waals surface area contributed by atoms with E-state index in [-0.39, 0.29) is 23.8 Å². The first-order valence-corrected chi connectivity index (χ1v) is 9.25. The second-order valence-electron chi connectivity index (χ2n) is 7.33. The van der Waals surface area contributed by atoms with Crippen LogP contribution in [-0.4, -0.2) is 45.7 Å². The van der Waals surface area contributed by atoms with Crippen molar-refractivity contribution in [3.8, 4) is 0 Å². The smallest absolute Gasteiger partial charge is 0.228 e. The summed E-state index contributed by atoms with van der Waals surface area (Å²) >= 11 is 0. The van der Waals surface area contributed by atoms with E-state index in [4.69, 9.17) is 0 Å². The number of aromatic nitrogens is 1. The van der Waals surface area contributed by atoms with E-state index in [0.717, 1.165) is 37.9 Å². The van der Waals surface area contributed by atoms with Crippen LogP contribution in [-0.2, 0) is 9.59 Å². The van der Waals surface area contributed by atoms with Crippen molar-refractivity contribution in [3.05, 3.63) is 30.1 Å². The average molecular weight is 327 g/mol. The Morgan fingerprint density at radius 3 is 2.71 bits per heavy atom. The summed E-state index contributed by atoms with van der Waals surface area (Å²) in [6.07, 6.45) is 8.79. The first-order chi connectivity index (χ1) is 11.7. The van der Waals surface area contributed by atoms with E-state index in [1.807, 2.05) is 28.0 Å². The normalized spacial score (nSPS) is 28.1. The van der Waals surface area contributed by atoms with Gasteiger partial charge in [-0.1, -0.05) is 18.9 Å². The number of likely N-dealkylation sites (tertiary alicyclic amines) is 2. The SMILES string of the molecule is O=C1C[C@@H](C(=O)N2CCC[C@H]2c2ccccn2)CN1C1CCCC1. The van der Waals surface area contributed by atoms with Crippen molar-refractivity contribution < 1.29 is 9.59 Å². The molecule has 128 valence electrons. The van der Waals surface area contributed by atoms with Crippen LogP contribution in [0.4, 0.5) is 0 Å². The summed E-state index contributed by atoms with van der Waals surface area (Å²) in [5.41, 5.74) is 0.973. The molecule has 4 rings (SSSR count). The molecule has 0 bridgehead atoms. The lowest BCUT2D eigenvalue weighted by molar-refractivity contribution is -0.136. The van der Waals surface area contributed by atoms with Gasteiger partial charge in [-0.05, 0) is 37.8 Å².